The quantitative estimate of drug-likeness (QED) is 0.815. The Kier molecular flexibility index (Phi) is 6.74. The number of benzene rings is 1. The first-order valence-electron chi connectivity index (χ1n) is 8.38. The van der Waals surface area contributed by atoms with E-state index in [1.54, 1.807) is 12.1 Å². The molecule has 7 heteroatoms. The molecule has 0 bridgehead atoms. The van der Waals surface area contributed by atoms with Gasteiger partial charge in [0.1, 0.15) is 5.82 Å². The summed E-state index contributed by atoms with van der Waals surface area (Å²) in [7, 11) is -3.29. The Hall–Kier alpha value is -1.47. The van der Waals surface area contributed by atoms with Crippen LogP contribution >= 0.6 is 0 Å². The van der Waals surface area contributed by atoms with Crippen molar-refractivity contribution in [2.45, 2.75) is 38.5 Å². The largest absolute Gasteiger partial charge is 0.355 e. The van der Waals surface area contributed by atoms with Gasteiger partial charge in [-0.1, -0.05) is 25.5 Å². The lowest BCUT2D eigenvalue weighted by Gasteiger charge is -2.25. The molecule has 0 radical (unpaired) electrons. The maximum Gasteiger partial charge on any atom is 0.220 e. The second-order valence-corrected chi connectivity index (χ2v) is 8.37. The van der Waals surface area contributed by atoms with Crippen LogP contribution in [0.2, 0.25) is 0 Å². The van der Waals surface area contributed by atoms with Gasteiger partial charge in [-0.25, -0.2) is 17.1 Å². The van der Waals surface area contributed by atoms with Gasteiger partial charge >= 0.3 is 0 Å². The Morgan fingerprint density at radius 3 is 2.46 bits per heavy atom. The van der Waals surface area contributed by atoms with E-state index >= 15 is 0 Å². The normalized spacial score (nSPS) is 17.4. The summed E-state index contributed by atoms with van der Waals surface area (Å²) in [6.45, 7) is 3.17. The standard InChI is InChI=1S/C17H25FN2O3S/c1-14(15-5-7-16(18)8-6-15)13-17(21)19-9-12-24(22,23)20-10-3-2-4-11-20/h5-8,14H,2-4,9-13H2,1H3,(H,19,21). The Labute approximate surface area is 143 Å². The van der Waals surface area contributed by atoms with E-state index in [1.807, 2.05) is 6.92 Å². The summed E-state index contributed by atoms with van der Waals surface area (Å²) in [6, 6.07) is 6.06. The van der Waals surface area contributed by atoms with Crippen molar-refractivity contribution in [2.24, 2.45) is 0 Å². The molecule has 1 heterocycles. The fraction of sp³-hybridized carbons (Fsp3) is 0.588. The van der Waals surface area contributed by atoms with Crippen LogP contribution in [0.3, 0.4) is 0 Å². The zero-order valence-electron chi connectivity index (χ0n) is 14.0. The topological polar surface area (TPSA) is 66.5 Å². The van der Waals surface area contributed by atoms with Crippen LogP contribution in [0.4, 0.5) is 4.39 Å². The summed E-state index contributed by atoms with van der Waals surface area (Å²) >= 11 is 0. The number of sulfonamides is 1. The van der Waals surface area contributed by atoms with Crippen molar-refractivity contribution in [2.75, 3.05) is 25.4 Å². The lowest BCUT2D eigenvalue weighted by Crippen LogP contribution is -2.40. The highest BCUT2D eigenvalue weighted by Gasteiger charge is 2.23. The van der Waals surface area contributed by atoms with Crippen LogP contribution < -0.4 is 5.32 Å². The van der Waals surface area contributed by atoms with Gasteiger partial charge < -0.3 is 5.32 Å². The lowest BCUT2D eigenvalue weighted by atomic mass is 9.97. The fourth-order valence-electron chi connectivity index (χ4n) is 2.85. The molecule has 1 fully saturated rings. The van der Waals surface area contributed by atoms with Crippen molar-refractivity contribution in [3.63, 3.8) is 0 Å². The number of hydrogen-bond donors (Lipinski definition) is 1. The number of nitrogens with one attached hydrogen (secondary N) is 1. The predicted octanol–water partition coefficient (Wildman–Crippen LogP) is 2.25. The van der Waals surface area contributed by atoms with Gasteiger partial charge in [0.05, 0.1) is 5.75 Å². The molecule has 1 aliphatic rings. The highest BCUT2D eigenvalue weighted by Crippen LogP contribution is 2.19. The van der Waals surface area contributed by atoms with Gasteiger partial charge in [0.25, 0.3) is 0 Å². The Morgan fingerprint density at radius 1 is 1.21 bits per heavy atom. The summed E-state index contributed by atoms with van der Waals surface area (Å²) < 4.78 is 38.8. The molecule has 1 saturated heterocycles. The van der Waals surface area contributed by atoms with E-state index in [2.05, 4.69) is 5.32 Å². The second-order valence-electron chi connectivity index (χ2n) is 6.28. The summed E-state index contributed by atoms with van der Waals surface area (Å²) in [4.78, 5) is 12.0. The first-order chi connectivity index (χ1) is 11.4. The number of piperidine rings is 1. The maximum atomic E-state index is 12.9. The number of amides is 1. The SMILES string of the molecule is CC(CC(=O)NCCS(=O)(=O)N1CCCCC1)c1ccc(F)cc1. The average Bonchev–Trinajstić information content (AvgIpc) is 2.56. The van der Waals surface area contributed by atoms with Gasteiger partial charge in [-0.05, 0) is 36.5 Å². The number of hydrogen-bond acceptors (Lipinski definition) is 3. The summed E-state index contributed by atoms with van der Waals surface area (Å²) in [6.07, 6.45) is 3.13. The fourth-order valence-corrected chi connectivity index (χ4v) is 4.28. The van der Waals surface area contributed by atoms with E-state index < -0.39 is 10.0 Å². The molecule has 0 aromatic heterocycles. The molecule has 0 spiro atoms. The minimum atomic E-state index is -3.29. The number of carbonyl (C=O) groups is 1. The minimum absolute atomic E-state index is 0.0516. The van der Waals surface area contributed by atoms with E-state index in [1.165, 1.54) is 16.4 Å². The molecule has 134 valence electrons. The summed E-state index contributed by atoms with van der Waals surface area (Å²) in [5.41, 5.74) is 0.882. The van der Waals surface area contributed by atoms with Crippen LogP contribution in [0.25, 0.3) is 0 Å². The molecule has 1 N–H and O–H groups in total. The van der Waals surface area contributed by atoms with Gasteiger partial charge in [0.2, 0.25) is 15.9 Å². The van der Waals surface area contributed by atoms with Crippen LogP contribution in [0, 0.1) is 5.82 Å². The molecule has 1 aromatic carbocycles. The molecule has 1 unspecified atom stereocenters. The molecular weight excluding hydrogens is 331 g/mol. The zero-order valence-corrected chi connectivity index (χ0v) is 14.8. The Balaban J connectivity index is 1.75. The first kappa shape index (κ1) is 18.9. The molecule has 1 atom stereocenters. The highest BCUT2D eigenvalue weighted by atomic mass is 32.2. The van der Waals surface area contributed by atoms with E-state index in [0.717, 1.165) is 24.8 Å². The second kappa shape index (κ2) is 8.58. The molecule has 2 rings (SSSR count). The Morgan fingerprint density at radius 2 is 1.83 bits per heavy atom. The third kappa shape index (κ3) is 5.56. The molecule has 0 saturated carbocycles. The van der Waals surface area contributed by atoms with Crippen molar-refractivity contribution in [1.29, 1.82) is 0 Å². The molecule has 24 heavy (non-hydrogen) atoms. The number of carbonyl (C=O) groups excluding carboxylic acids is 1. The van der Waals surface area contributed by atoms with E-state index in [9.17, 15) is 17.6 Å². The van der Waals surface area contributed by atoms with Crippen LogP contribution in [-0.4, -0.2) is 44.0 Å². The minimum Gasteiger partial charge on any atom is -0.355 e. The van der Waals surface area contributed by atoms with E-state index in [4.69, 9.17) is 0 Å². The van der Waals surface area contributed by atoms with Crippen LogP contribution in [0.15, 0.2) is 24.3 Å². The predicted molar refractivity (Wildman–Crippen MR) is 91.7 cm³/mol. The molecule has 0 aliphatic carbocycles. The lowest BCUT2D eigenvalue weighted by molar-refractivity contribution is -0.121. The zero-order chi connectivity index (χ0) is 17.6. The molecule has 5 nitrogen and oxygen atoms in total. The number of rotatable bonds is 7. The molecule has 1 aliphatic heterocycles. The maximum absolute atomic E-state index is 12.9. The molecular formula is C17H25FN2O3S. The average molecular weight is 356 g/mol. The molecule has 1 amide bonds. The third-order valence-corrected chi connectivity index (χ3v) is 6.19. The van der Waals surface area contributed by atoms with Gasteiger partial charge in [0, 0.05) is 26.1 Å². The summed E-state index contributed by atoms with van der Waals surface area (Å²) in [5, 5.41) is 2.67. The monoisotopic (exact) mass is 356 g/mol. The van der Waals surface area contributed by atoms with Crippen molar-refractivity contribution in [1.82, 2.24) is 9.62 Å². The van der Waals surface area contributed by atoms with Crippen molar-refractivity contribution < 1.29 is 17.6 Å². The van der Waals surface area contributed by atoms with Crippen LogP contribution in [0.1, 0.15) is 44.1 Å². The van der Waals surface area contributed by atoms with Gasteiger partial charge in [-0.3, -0.25) is 4.79 Å². The van der Waals surface area contributed by atoms with Gasteiger partial charge in [-0.2, -0.15) is 0 Å². The van der Waals surface area contributed by atoms with E-state index in [0.29, 0.717) is 13.1 Å². The van der Waals surface area contributed by atoms with Crippen LogP contribution in [0.5, 0.6) is 0 Å². The van der Waals surface area contributed by atoms with Crippen molar-refractivity contribution in [3.05, 3.63) is 35.6 Å². The van der Waals surface area contributed by atoms with Gasteiger partial charge in [-0.15, -0.1) is 0 Å². The summed E-state index contributed by atoms with van der Waals surface area (Å²) in [5.74, 6) is -0.618. The smallest absolute Gasteiger partial charge is 0.220 e. The Bertz CT molecular complexity index is 640. The first-order valence-corrected chi connectivity index (χ1v) is 9.99. The third-order valence-electron chi connectivity index (χ3n) is 4.32. The number of nitrogens with zero attached hydrogens (tertiary/aromatic N) is 1. The highest BCUT2D eigenvalue weighted by molar-refractivity contribution is 7.89. The van der Waals surface area contributed by atoms with Crippen molar-refractivity contribution >= 4 is 15.9 Å². The van der Waals surface area contributed by atoms with Crippen LogP contribution in [-0.2, 0) is 14.8 Å². The van der Waals surface area contributed by atoms with Crippen molar-refractivity contribution in [3.8, 4) is 0 Å². The number of halogens is 1. The molecule has 1 aromatic rings. The van der Waals surface area contributed by atoms with Gasteiger partial charge in [0.15, 0.2) is 0 Å². The van der Waals surface area contributed by atoms with E-state index in [-0.39, 0.29) is 36.4 Å².